The quantitative estimate of drug-likeness (QED) is 0.743. The molecule has 1 aromatic heterocycles. The fraction of sp³-hybridized carbons (Fsp3) is 0.500. The van der Waals surface area contributed by atoms with Crippen molar-refractivity contribution < 1.29 is 4.42 Å². The molecule has 2 nitrogen and oxygen atoms in total. The Morgan fingerprint density at radius 3 is 2.86 bits per heavy atom. The highest BCUT2D eigenvalue weighted by molar-refractivity contribution is 5.10. The van der Waals surface area contributed by atoms with Gasteiger partial charge in [0.2, 0.25) is 0 Å². The minimum absolute atomic E-state index is 0.0175. The summed E-state index contributed by atoms with van der Waals surface area (Å²) in [6.45, 7) is 3.91. The molecule has 0 aliphatic rings. The maximum absolute atomic E-state index is 5.94. The largest absolute Gasteiger partial charge is 0.464 e. The fourth-order valence-electron chi connectivity index (χ4n) is 1.28. The van der Waals surface area contributed by atoms with Gasteiger partial charge in [0.05, 0.1) is 6.04 Å². The SMILES string of the molecule is CC#CCCC(N)c1ccc(CC)o1. The van der Waals surface area contributed by atoms with Crippen molar-refractivity contribution in [2.24, 2.45) is 5.73 Å². The van der Waals surface area contributed by atoms with E-state index in [0.717, 1.165) is 30.8 Å². The number of nitrogens with two attached hydrogens (primary N) is 1. The molecule has 0 fully saturated rings. The van der Waals surface area contributed by atoms with Gasteiger partial charge in [0.15, 0.2) is 0 Å². The second kappa shape index (κ2) is 5.51. The van der Waals surface area contributed by atoms with E-state index in [1.165, 1.54) is 0 Å². The molecule has 0 aromatic carbocycles. The number of hydrogen-bond acceptors (Lipinski definition) is 2. The lowest BCUT2D eigenvalue weighted by atomic mass is 10.1. The van der Waals surface area contributed by atoms with Gasteiger partial charge in [0.25, 0.3) is 0 Å². The first-order valence-corrected chi connectivity index (χ1v) is 5.01. The van der Waals surface area contributed by atoms with Gasteiger partial charge in [-0.3, -0.25) is 0 Å². The Hall–Kier alpha value is -1.20. The Kier molecular flexibility index (Phi) is 4.28. The van der Waals surface area contributed by atoms with Crippen molar-refractivity contribution in [2.45, 2.75) is 39.2 Å². The first-order chi connectivity index (χ1) is 6.77. The predicted molar refractivity (Wildman–Crippen MR) is 57.7 cm³/mol. The van der Waals surface area contributed by atoms with Crippen LogP contribution in [0.25, 0.3) is 0 Å². The first kappa shape index (κ1) is 10.9. The molecule has 0 radical (unpaired) electrons. The van der Waals surface area contributed by atoms with Gasteiger partial charge < -0.3 is 10.2 Å². The third kappa shape index (κ3) is 2.93. The van der Waals surface area contributed by atoms with Crippen LogP contribution in [0.4, 0.5) is 0 Å². The fourth-order valence-corrected chi connectivity index (χ4v) is 1.28. The highest BCUT2D eigenvalue weighted by atomic mass is 16.3. The minimum Gasteiger partial charge on any atom is -0.464 e. The van der Waals surface area contributed by atoms with E-state index in [1.54, 1.807) is 0 Å². The average molecular weight is 191 g/mol. The Balaban J connectivity index is 2.49. The molecule has 0 amide bonds. The molecule has 0 spiro atoms. The summed E-state index contributed by atoms with van der Waals surface area (Å²) in [5, 5.41) is 0. The van der Waals surface area contributed by atoms with Crippen molar-refractivity contribution in [3.05, 3.63) is 23.7 Å². The molecule has 0 aliphatic heterocycles. The molecule has 1 aromatic rings. The molecule has 1 heterocycles. The highest BCUT2D eigenvalue weighted by Crippen LogP contribution is 2.18. The number of furan rings is 1. The second-order valence-corrected chi connectivity index (χ2v) is 3.23. The van der Waals surface area contributed by atoms with Gasteiger partial charge in [-0.05, 0) is 25.5 Å². The minimum atomic E-state index is -0.0175. The zero-order chi connectivity index (χ0) is 10.4. The van der Waals surface area contributed by atoms with Crippen LogP contribution < -0.4 is 5.73 Å². The lowest BCUT2D eigenvalue weighted by Crippen LogP contribution is -2.08. The van der Waals surface area contributed by atoms with Crippen molar-refractivity contribution in [1.29, 1.82) is 0 Å². The summed E-state index contributed by atoms with van der Waals surface area (Å²) in [6, 6.07) is 3.93. The summed E-state index contributed by atoms with van der Waals surface area (Å²) in [4.78, 5) is 0. The molecule has 2 N–H and O–H groups in total. The van der Waals surface area contributed by atoms with E-state index in [4.69, 9.17) is 10.2 Å². The standard InChI is InChI=1S/C12H17NO/c1-3-5-6-7-11(13)12-9-8-10(4-2)14-12/h8-9,11H,4,6-7,13H2,1-2H3. The van der Waals surface area contributed by atoms with Gasteiger partial charge in [0.1, 0.15) is 11.5 Å². The van der Waals surface area contributed by atoms with Gasteiger partial charge >= 0.3 is 0 Å². The van der Waals surface area contributed by atoms with Crippen molar-refractivity contribution in [1.82, 2.24) is 0 Å². The predicted octanol–water partition coefficient (Wildman–Crippen LogP) is 2.65. The van der Waals surface area contributed by atoms with Crippen LogP contribution in [-0.2, 0) is 6.42 Å². The Morgan fingerprint density at radius 1 is 1.50 bits per heavy atom. The van der Waals surface area contributed by atoms with Crippen molar-refractivity contribution >= 4 is 0 Å². The van der Waals surface area contributed by atoms with Gasteiger partial charge in [-0.1, -0.05) is 6.92 Å². The van der Waals surface area contributed by atoms with E-state index in [-0.39, 0.29) is 6.04 Å². The smallest absolute Gasteiger partial charge is 0.120 e. The third-order valence-electron chi connectivity index (χ3n) is 2.15. The molecule has 0 bridgehead atoms. The van der Waals surface area contributed by atoms with E-state index < -0.39 is 0 Å². The Labute approximate surface area is 85.5 Å². The van der Waals surface area contributed by atoms with Crippen molar-refractivity contribution in [2.75, 3.05) is 0 Å². The Morgan fingerprint density at radius 2 is 2.29 bits per heavy atom. The zero-order valence-corrected chi connectivity index (χ0v) is 8.84. The van der Waals surface area contributed by atoms with Crippen LogP contribution in [-0.4, -0.2) is 0 Å². The molecule has 1 atom stereocenters. The molecule has 1 rings (SSSR count). The van der Waals surface area contributed by atoms with Crippen LogP contribution in [0.15, 0.2) is 16.5 Å². The van der Waals surface area contributed by atoms with Gasteiger partial charge in [0, 0.05) is 12.8 Å². The van der Waals surface area contributed by atoms with E-state index >= 15 is 0 Å². The topological polar surface area (TPSA) is 39.2 Å². The first-order valence-electron chi connectivity index (χ1n) is 5.01. The Bertz CT molecular complexity index is 330. The van der Waals surface area contributed by atoms with Crippen molar-refractivity contribution in [3.63, 3.8) is 0 Å². The molecule has 2 heteroatoms. The maximum Gasteiger partial charge on any atom is 0.120 e. The number of hydrogen-bond donors (Lipinski definition) is 1. The lowest BCUT2D eigenvalue weighted by Gasteiger charge is -2.05. The average Bonchev–Trinajstić information content (AvgIpc) is 2.66. The van der Waals surface area contributed by atoms with Crippen LogP contribution in [0.1, 0.15) is 44.3 Å². The van der Waals surface area contributed by atoms with E-state index in [2.05, 4.69) is 18.8 Å². The second-order valence-electron chi connectivity index (χ2n) is 3.23. The summed E-state index contributed by atoms with van der Waals surface area (Å²) in [6.07, 6.45) is 2.61. The summed E-state index contributed by atoms with van der Waals surface area (Å²) in [5.74, 6) is 7.72. The van der Waals surface area contributed by atoms with Crippen molar-refractivity contribution in [3.8, 4) is 11.8 Å². The molecule has 76 valence electrons. The normalized spacial score (nSPS) is 11.9. The van der Waals surface area contributed by atoms with Gasteiger partial charge in [-0.2, -0.15) is 0 Å². The van der Waals surface area contributed by atoms with Gasteiger partial charge in [-0.25, -0.2) is 0 Å². The molecular formula is C12H17NO. The zero-order valence-electron chi connectivity index (χ0n) is 8.84. The van der Waals surface area contributed by atoms with Crippen LogP contribution in [0.2, 0.25) is 0 Å². The molecule has 0 saturated heterocycles. The molecular weight excluding hydrogens is 174 g/mol. The highest BCUT2D eigenvalue weighted by Gasteiger charge is 2.09. The maximum atomic E-state index is 5.94. The van der Waals surface area contributed by atoms with Crippen LogP contribution >= 0.6 is 0 Å². The third-order valence-corrected chi connectivity index (χ3v) is 2.15. The van der Waals surface area contributed by atoms with Crippen LogP contribution in [0.5, 0.6) is 0 Å². The van der Waals surface area contributed by atoms with Crippen LogP contribution in [0, 0.1) is 11.8 Å². The summed E-state index contributed by atoms with van der Waals surface area (Å²) >= 11 is 0. The number of aryl methyl sites for hydroxylation is 1. The molecule has 1 unspecified atom stereocenters. The lowest BCUT2D eigenvalue weighted by molar-refractivity contribution is 0.427. The molecule has 0 saturated carbocycles. The number of rotatable bonds is 4. The van der Waals surface area contributed by atoms with Crippen LogP contribution in [0.3, 0.4) is 0 Å². The monoisotopic (exact) mass is 191 g/mol. The molecule has 14 heavy (non-hydrogen) atoms. The van der Waals surface area contributed by atoms with E-state index in [9.17, 15) is 0 Å². The summed E-state index contributed by atoms with van der Waals surface area (Å²) in [7, 11) is 0. The summed E-state index contributed by atoms with van der Waals surface area (Å²) in [5.41, 5.74) is 5.94. The van der Waals surface area contributed by atoms with E-state index in [1.807, 2.05) is 19.1 Å². The molecule has 0 aliphatic carbocycles. The van der Waals surface area contributed by atoms with Gasteiger partial charge in [-0.15, -0.1) is 11.8 Å². The summed E-state index contributed by atoms with van der Waals surface area (Å²) < 4.78 is 5.55. The van der Waals surface area contributed by atoms with E-state index in [0.29, 0.717) is 0 Å².